The van der Waals surface area contributed by atoms with Gasteiger partial charge in [0.05, 0.1) is 48.1 Å². The highest BCUT2D eigenvalue weighted by atomic mass is 19.4. The van der Waals surface area contributed by atoms with Crippen LogP contribution in [0.4, 0.5) is 35.1 Å². The van der Waals surface area contributed by atoms with Crippen molar-refractivity contribution in [1.82, 2.24) is 30.0 Å². The van der Waals surface area contributed by atoms with E-state index in [0.29, 0.717) is 37.1 Å². The standard InChI is InChI=1S/2C14H15F4N3O/c2*1-13(7-14(16,17)18)8-20-3-2-11(21(20)12(13)22)9-4-10(15)6-19-5-9/h2*4-6,11H,2-3,7-8H2,1H3. The number of fused-ring (bicyclic) bond motifs is 2. The minimum absolute atomic E-state index is 0.0323. The summed E-state index contributed by atoms with van der Waals surface area (Å²) in [6, 6.07) is 1.64. The summed E-state index contributed by atoms with van der Waals surface area (Å²) in [4.78, 5) is 32.6. The van der Waals surface area contributed by atoms with Gasteiger partial charge in [0.2, 0.25) is 11.8 Å². The molecule has 0 bridgehead atoms. The first-order chi connectivity index (χ1) is 20.4. The third-order valence-corrected chi connectivity index (χ3v) is 8.44. The summed E-state index contributed by atoms with van der Waals surface area (Å²) in [5, 5.41) is 5.96. The summed E-state index contributed by atoms with van der Waals surface area (Å²) in [5.41, 5.74) is -1.96. The second-order valence-electron chi connectivity index (χ2n) is 12.3. The molecule has 0 aliphatic carbocycles. The second-order valence-corrected chi connectivity index (χ2v) is 12.3. The van der Waals surface area contributed by atoms with Gasteiger partial charge >= 0.3 is 12.4 Å². The van der Waals surface area contributed by atoms with Crippen LogP contribution < -0.4 is 0 Å². The summed E-state index contributed by atoms with van der Waals surface area (Å²) < 4.78 is 103. The molecule has 2 aromatic heterocycles. The van der Waals surface area contributed by atoms with E-state index in [1.54, 1.807) is 10.0 Å². The van der Waals surface area contributed by atoms with Gasteiger partial charge in [-0.3, -0.25) is 29.6 Å². The van der Waals surface area contributed by atoms with Crippen LogP contribution >= 0.6 is 0 Å². The molecule has 4 aliphatic rings. The molecule has 4 aliphatic heterocycles. The highest BCUT2D eigenvalue weighted by Crippen LogP contribution is 2.48. The zero-order valence-electron chi connectivity index (χ0n) is 23.8. The van der Waals surface area contributed by atoms with Crippen molar-refractivity contribution in [2.45, 2.75) is 64.0 Å². The second kappa shape index (κ2) is 11.2. The van der Waals surface area contributed by atoms with E-state index < -0.39 is 71.6 Å². The maximum Gasteiger partial charge on any atom is 0.390 e. The zero-order valence-corrected chi connectivity index (χ0v) is 23.8. The average molecular weight is 635 g/mol. The molecule has 0 saturated carbocycles. The van der Waals surface area contributed by atoms with E-state index in [9.17, 15) is 44.7 Å². The minimum Gasteiger partial charge on any atom is -0.273 e. The van der Waals surface area contributed by atoms with Gasteiger partial charge in [0.25, 0.3) is 0 Å². The van der Waals surface area contributed by atoms with E-state index >= 15 is 0 Å². The zero-order chi connectivity index (χ0) is 32.2. The number of halogens is 8. The van der Waals surface area contributed by atoms with Gasteiger partial charge in [0, 0.05) is 38.6 Å². The Morgan fingerprint density at radius 3 is 1.39 bits per heavy atom. The molecule has 0 aromatic carbocycles. The molecule has 2 amide bonds. The Morgan fingerprint density at radius 1 is 0.705 bits per heavy atom. The van der Waals surface area contributed by atoms with Crippen molar-refractivity contribution in [2.24, 2.45) is 10.8 Å². The van der Waals surface area contributed by atoms with Gasteiger partial charge in [-0.15, -0.1) is 0 Å². The number of pyridine rings is 2. The molecule has 44 heavy (non-hydrogen) atoms. The van der Waals surface area contributed by atoms with Gasteiger partial charge in [0.15, 0.2) is 0 Å². The molecule has 0 radical (unpaired) electrons. The van der Waals surface area contributed by atoms with Gasteiger partial charge < -0.3 is 0 Å². The fourth-order valence-corrected chi connectivity index (χ4v) is 6.73. The van der Waals surface area contributed by atoms with Crippen LogP contribution in [0, 0.1) is 22.5 Å². The first-order valence-electron chi connectivity index (χ1n) is 13.9. The number of aromatic nitrogens is 2. The lowest BCUT2D eigenvalue weighted by molar-refractivity contribution is -0.166. The van der Waals surface area contributed by atoms with E-state index in [-0.39, 0.29) is 13.1 Å². The van der Waals surface area contributed by atoms with E-state index in [4.69, 9.17) is 0 Å². The summed E-state index contributed by atoms with van der Waals surface area (Å²) in [5.74, 6) is -2.17. The predicted molar refractivity (Wildman–Crippen MR) is 138 cm³/mol. The Morgan fingerprint density at radius 2 is 1.07 bits per heavy atom. The number of carbonyl (C=O) groups excluding carboxylic acids is 2. The number of amides is 2. The van der Waals surface area contributed by atoms with Crippen molar-refractivity contribution >= 4 is 11.8 Å². The number of carbonyl (C=O) groups is 2. The Kier molecular flexibility index (Phi) is 8.14. The van der Waals surface area contributed by atoms with Crippen LogP contribution in [0.1, 0.15) is 62.7 Å². The Balaban J connectivity index is 0.000000175. The molecule has 0 N–H and O–H groups in total. The van der Waals surface area contributed by atoms with Gasteiger partial charge in [-0.1, -0.05) is 0 Å². The predicted octanol–water partition coefficient (Wildman–Crippen LogP) is 5.37. The lowest BCUT2D eigenvalue weighted by Gasteiger charge is -2.27. The number of hydrazine groups is 2. The number of hydrogen-bond donors (Lipinski definition) is 0. The third kappa shape index (κ3) is 6.36. The van der Waals surface area contributed by atoms with Crippen molar-refractivity contribution < 1.29 is 44.7 Å². The molecule has 0 spiro atoms. The quantitative estimate of drug-likeness (QED) is 0.422. The summed E-state index contributed by atoms with van der Waals surface area (Å²) in [6.07, 6.45) is -5.00. The molecule has 4 saturated heterocycles. The Hall–Kier alpha value is -3.40. The molecule has 2 aromatic rings. The highest BCUT2D eigenvalue weighted by molar-refractivity contribution is 5.85. The molecular formula is C28H30F8N6O2. The fourth-order valence-electron chi connectivity index (χ4n) is 6.73. The molecule has 4 atom stereocenters. The van der Waals surface area contributed by atoms with E-state index in [1.165, 1.54) is 48.4 Å². The lowest BCUT2D eigenvalue weighted by atomic mass is 9.85. The van der Waals surface area contributed by atoms with Crippen LogP contribution in [0.5, 0.6) is 0 Å². The van der Waals surface area contributed by atoms with Crippen LogP contribution in [-0.4, -0.2) is 80.3 Å². The lowest BCUT2D eigenvalue weighted by Crippen LogP contribution is -2.38. The van der Waals surface area contributed by atoms with Gasteiger partial charge in [0.1, 0.15) is 11.6 Å². The first-order valence-corrected chi connectivity index (χ1v) is 13.9. The normalized spacial score (nSPS) is 29.2. The van der Waals surface area contributed by atoms with Gasteiger partial charge in [-0.2, -0.15) is 26.3 Å². The number of rotatable bonds is 4. The van der Waals surface area contributed by atoms with E-state index in [1.807, 2.05) is 0 Å². The van der Waals surface area contributed by atoms with E-state index in [2.05, 4.69) is 9.97 Å². The molecule has 6 heterocycles. The molecule has 8 nitrogen and oxygen atoms in total. The third-order valence-electron chi connectivity index (χ3n) is 8.44. The SMILES string of the molecule is CC1(CC(F)(F)F)CN2CCC(c3cncc(F)c3)N2C1=O.CC1(CC(F)(F)F)CN2CCC(c3cncc(F)c3)N2C1=O. The van der Waals surface area contributed by atoms with Crippen LogP contribution in [0.2, 0.25) is 0 Å². The van der Waals surface area contributed by atoms with Crippen LogP contribution in [0.25, 0.3) is 0 Å². The van der Waals surface area contributed by atoms with Crippen LogP contribution in [-0.2, 0) is 9.59 Å². The van der Waals surface area contributed by atoms with Crippen molar-refractivity contribution in [1.29, 1.82) is 0 Å². The minimum atomic E-state index is -4.40. The molecule has 4 fully saturated rings. The van der Waals surface area contributed by atoms with Crippen LogP contribution in [0.15, 0.2) is 36.9 Å². The number of alkyl halides is 6. The van der Waals surface area contributed by atoms with Crippen LogP contribution in [0.3, 0.4) is 0 Å². The molecular weight excluding hydrogens is 604 g/mol. The summed E-state index contributed by atoms with van der Waals surface area (Å²) in [6.45, 7) is 3.68. The fraction of sp³-hybridized carbons (Fsp3) is 0.571. The number of nitrogens with zero attached hydrogens (tertiary/aromatic N) is 6. The first kappa shape index (κ1) is 32.0. The summed E-state index contributed by atoms with van der Waals surface area (Å²) >= 11 is 0. The molecule has 240 valence electrons. The molecule has 16 heteroatoms. The summed E-state index contributed by atoms with van der Waals surface area (Å²) in [7, 11) is 0. The van der Waals surface area contributed by atoms with Crippen molar-refractivity contribution in [3.63, 3.8) is 0 Å². The smallest absolute Gasteiger partial charge is 0.273 e. The molecule has 6 rings (SSSR count). The maximum absolute atomic E-state index is 13.3. The Labute approximate surface area is 247 Å². The average Bonchev–Trinajstić information content (AvgIpc) is 3.60. The van der Waals surface area contributed by atoms with Gasteiger partial charge in [-0.25, -0.2) is 18.8 Å². The largest absolute Gasteiger partial charge is 0.390 e. The monoisotopic (exact) mass is 634 g/mol. The number of hydrogen-bond acceptors (Lipinski definition) is 6. The topological polar surface area (TPSA) is 72.9 Å². The molecule has 4 unspecified atom stereocenters. The van der Waals surface area contributed by atoms with Gasteiger partial charge in [-0.05, 0) is 49.9 Å². The van der Waals surface area contributed by atoms with Crippen molar-refractivity contribution in [3.05, 3.63) is 59.7 Å². The highest BCUT2D eigenvalue weighted by Gasteiger charge is 2.58. The Bertz CT molecular complexity index is 1320. The van der Waals surface area contributed by atoms with E-state index in [0.717, 1.165) is 12.4 Å². The van der Waals surface area contributed by atoms with Crippen molar-refractivity contribution in [3.8, 4) is 0 Å². The maximum atomic E-state index is 13.3. The van der Waals surface area contributed by atoms with Crippen molar-refractivity contribution in [2.75, 3.05) is 26.2 Å².